The number of thiocarbonyl (C=S) groups is 1. The Morgan fingerprint density at radius 3 is 2.54 bits per heavy atom. The Morgan fingerprint density at radius 2 is 1.88 bits per heavy atom. The normalized spacial score (nSPS) is 14.5. The fraction of sp³-hybridized carbons (Fsp3) is 0.476. The van der Waals surface area contributed by atoms with E-state index < -0.39 is 0 Å². The Bertz CT molecular complexity index is 688. The number of nitrogens with zero attached hydrogens (tertiary/aromatic N) is 1. The number of benzene rings is 1. The van der Waals surface area contributed by atoms with Crippen molar-refractivity contribution < 1.29 is 9.32 Å². The van der Waals surface area contributed by atoms with Crippen LogP contribution in [0.3, 0.4) is 0 Å². The van der Waals surface area contributed by atoms with E-state index in [1.165, 1.54) is 43.6 Å². The average molecular weight is 373 g/mol. The fourth-order valence-corrected chi connectivity index (χ4v) is 3.94. The summed E-state index contributed by atoms with van der Waals surface area (Å²) in [7, 11) is 0. The van der Waals surface area contributed by atoms with Gasteiger partial charge in [0.1, 0.15) is 5.76 Å². The van der Waals surface area contributed by atoms with Crippen molar-refractivity contribution in [3.8, 4) is 0 Å². The molecule has 2 heterocycles. The second-order valence-electron chi connectivity index (χ2n) is 7.26. The molecule has 140 valence electrons. The molecule has 2 N–H and O–H groups in total. The summed E-state index contributed by atoms with van der Waals surface area (Å²) in [5.41, 5.74) is 3.55. The number of nitrogens with one attached hydrogen (secondary N) is 2. The second kappa shape index (κ2) is 9.19. The number of rotatable bonds is 7. The van der Waals surface area contributed by atoms with Crippen LogP contribution >= 0.6 is 12.2 Å². The zero-order chi connectivity index (χ0) is 18.4. The molecule has 0 unspecified atom stereocenters. The van der Waals surface area contributed by atoms with Gasteiger partial charge in [-0.2, -0.15) is 0 Å². The highest BCUT2D eigenvalue weighted by molar-refractivity contribution is 7.80. The first-order chi connectivity index (χ1) is 12.6. The highest BCUT2D eigenvalue weighted by atomic mass is 32.1. The van der Waals surface area contributed by atoms with Crippen LogP contribution in [0.15, 0.2) is 41.0 Å². The van der Waals surface area contributed by atoms with Gasteiger partial charge in [0.2, 0.25) is 0 Å². The van der Waals surface area contributed by atoms with Crippen LogP contribution in [0.4, 0.5) is 5.69 Å². The molecule has 2 aromatic rings. The van der Waals surface area contributed by atoms with Crippen molar-refractivity contribution in [1.29, 1.82) is 0 Å². The van der Waals surface area contributed by atoms with E-state index in [1.807, 2.05) is 12.1 Å². The molecule has 1 saturated heterocycles. The first-order valence-corrected chi connectivity index (χ1v) is 10.0. The lowest BCUT2D eigenvalue weighted by molar-refractivity contribution is -0.887. The summed E-state index contributed by atoms with van der Waals surface area (Å²) in [5.74, 6) is 0.948. The predicted molar refractivity (Wildman–Crippen MR) is 111 cm³/mol. The minimum Gasteiger partial charge on any atom is -0.467 e. The van der Waals surface area contributed by atoms with Crippen LogP contribution in [0.1, 0.15) is 36.1 Å². The maximum atomic E-state index is 5.76. The molecule has 0 spiro atoms. The number of hydrogen-bond donors (Lipinski definition) is 2. The molecule has 26 heavy (non-hydrogen) atoms. The summed E-state index contributed by atoms with van der Waals surface area (Å²) in [5, 5.41) is 4.25. The summed E-state index contributed by atoms with van der Waals surface area (Å²) in [6.07, 6.45) is 5.62. The van der Waals surface area contributed by atoms with Gasteiger partial charge in [0.25, 0.3) is 0 Å². The fourth-order valence-electron chi connectivity index (χ4n) is 3.69. The zero-order valence-electron chi connectivity index (χ0n) is 15.9. The lowest BCUT2D eigenvalue weighted by Gasteiger charge is -2.26. The summed E-state index contributed by atoms with van der Waals surface area (Å²) in [4.78, 5) is 3.96. The van der Waals surface area contributed by atoms with E-state index in [9.17, 15) is 0 Å². The topological polar surface area (TPSA) is 32.9 Å². The van der Waals surface area contributed by atoms with Crippen molar-refractivity contribution in [2.24, 2.45) is 0 Å². The average Bonchev–Trinajstić information content (AvgIpc) is 3.31. The first kappa shape index (κ1) is 18.9. The number of furan rings is 1. The Balaban J connectivity index is 1.63. The van der Waals surface area contributed by atoms with Crippen molar-refractivity contribution in [2.75, 3.05) is 31.5 Å². The van der Waals surface area contributed by atoms with Gasteiger partial charge in [0.15, 0.2) is 5.11 Å². The van der Waals surface area contributed by atoms with Crippen molar-refractivity contribution >= 4 is 23.0 Å². The van der Waals surface area contributed by atoms with Crippen molar-refractivity contribution in [1.82, 2.24) is 4.90 Å². The molecule has 5 heteroatoms. The van der Waals surface area contributed by atoms with E-state index >= 15 is 0 Å². The van der Waals surface area contributed by atoms with Gasteiger partial charge in [0.05, 0.1) is 32.4 Å². The van der Waals surface area contributed by atoms with Crippen LogP contribution in [0.2, 0.25) is 0 Å². The molecule has 0 radical (unpaired) electrons. The molecular weight excluding hydrogens is 342 g/mol. The van der Waals surface area contributed by atoms with Crippen molar-refractivity contribution in [3.05, 3.63) is 53.5 Å². The molecule has 0 atom stereocenters. The second-order valence-corrected chi connectivity index (χ2v) is 7.65. The highest BCUT2D eigenvalue weighted by Crippen LogP contribution is 2.20. The van der Waals surface area contributed by atoms with Gasteiger partial charge in [-0.05, 0) is 49.3 Å². The van der Waals surface area contributed by atoms with Crippen molar-refractivity contribution in [2.45, 2.75) is 39.7 Å². The van der Waals surface area contributed by atoms with E-state index in [0.29, 0.717) is 6.54 Å². The predicted octanol–water partition coefficient (Wildman–Crippen LogP) is 3.16. The number of likely N-dealkylation sites (tertiary alicyclic amines) is 1. The summed E-state index contributed by atoms with van der Waals surface area (Å²) in [6.45, 7) is 9.75. The van der Waals surface area contributed by atoms with Crippen molar-refractivity contribution in [3.63, 3.8) is 0 Å². The van der Waals surface area contributed by atoms with E-state index in [0.717, 1.165) is 29.5 Å². The maximum Gasteiger partial charge on any atom is 0.173 e. The Hall–Kier alpha value is -1.85. The van der Waals surface area contributed by atoms with Crippen LogP contribution in [0, 0.1) is 13.8 Å². The molecule has 1 fully saturated rings. The van der Waals surface area contributed by atoms with Gasteiger partial charge in [0, 0.05) is 31.5 Å². The van der Waals surface area contributed by atoms with Crippen LogP contribution < -0.4 is 10.2 Å². The van der Waals surface area contributed by atoms with Crippen LogP contribution in [0.25, 0.3) is 0 Å². The summed E-state index contributed by atoms with van der Waals surface area (Å²) < 4.78 is 5.56. The molecule has 0 saturated carbocycles. The minimum atomic E-state index is 0.707. The number of quaternary nitrogens is 1. The molecule has 4 nitrogen and oxygen atoms in total. The Morgan fingerprint density at radius 1 is 1.15 bits per heavy atom. The molecule has 1 aromatic carbocycles. The highest BCUT2D eigenvalue weighted by Gasteiger charge is 2.17. The minimum absolute atomic E-state index is 0.707. The lowest BCUT2D eigenvalue weighted by atomic mass is 10.1. The first-order valence-electron chi connectivity index (χ1n) is 9.61. The molecule has 1 aliphatic heterocycles. The third-order valence-corrected chi connectivity index (χ3v) is 5.56. The number of hydrogen-bond acceptors (Lipinski definition) is 2. The maximum absolute atomic E-state index is 5.76. The van der Waals surface area contributed by atoms with Crippen LogP contribution in [-0.2, 0) is 6.54 Å². The number of anilines is 1. The van der Waals surface area contributed by atoms with Crippen LogP contribution in [0.5, 0.6) is 0 Å². The van der Waals surface area contributed by atoms with E-state index in [4.69, 9.17) is 16.6 Å². The lowest BCUT2D eigenvalue weighted by Crippen LogP contribution is -3.10. The largest absolute Gasteiger partial charge is 0.467 e. The van der Waals surface area contributed by atoms with Gasteiger partial charge in [-0.15, -0.1) is 0 Å². The zero-order valence-corrected chi connectivity index (χ0v) is 16.7. The van der Waals surface area contributed by atoms with E-state index in [2.05, 4.69) is 42.3 Å². The summed E-state index contributed by atoms with van der Waals surface area (Å²) in [6, 6.07) is 10.3. The number of para-hydroxylation sites is 1. The van der Waals surface area contributed by atoms with Gasteiger partial charge in [-0.25, -0.2) is 0 Å². The smallest absolute Gasteiger partial charge is 0.173 e. The molecule has 0 bridgehead atoms. The number of aryl methyl sites for hydroxylation is 2. The van der Waals surface area contributed by atoms with Gasteiger partial charge >= 0.3 is 0 Å². The quantitative estimate of drug-likeness (QED) is 0.732. The van der Waals surface area contributed by atoms with Crippen LogP contribution in [-0.4, -0.2) is 36.2 Å². The van der Waals surface area contributed by atoms with Gasteiger partial charge in [-0.1, -0.05) is 18.2 Å². The monoisotopic (exact) mass is 372 g/mol. The summed E-state index contributed by atoms with van der Waals surface area (Å²) >= 11 is 5.76. The Kier molecular flexibility index (Phi) is 6.69. The molecule has 3 rings (SSSR count). The SMILES string of the molecule is Cc1cccc(C)c1NC(=S)N(CCC[NH+]1CCCC1)Cc1ccco1. The molecule has 0 amide bonds. The molecular formula is C21H30N3OS+. The molecule has 0 aliphatic carbocycles. The standard InChI is InChI=1S/C21H29N3OS/c1-17-8-5-9-18(2)20(17)22-21(26)24(16-19-10-6-15-25-19)14-7-13-23-11-3-4-12-23/h5-6,8-10,15H,3-4,7,11-14,16H2,1-2H3,(H,22,26)/p+1. The van der Waals surface area contributed by atoms with Gasteiger partial charge in [-0.3, -0.25) is 0 Å². The Labute approximate surface area is 162 Å². The van der Waals surface area contributed by atoms with E-state index in [-0.39, 0.29) is 0 Å². The third kappa shape index (κ3) is 5.08. The third-order valence-electron chi connectivity index (χ3n) is 5.20. The van der Waals surface area contributed by atoms with E-state index in [1.54, 1.807) is 11.2 Å². The van der Waals surface area contributed by atoms with Gasteiger partial charge < -0.3 is 19.5 Å². The molecule has 1 aromatic heterocycles. The molecule has 1 aliphatic rings.